The summed E-state index contributed by atoms with van der Waals surface area (Å²) in [5.41, 5.74) is 10.8. The van der Waals surface area contributed by atoms with Gasteiger partial charge in [0.2, 0.25) is 0 Å². The van der Waals surface area contributed by atoms with Gasteiger partial charge >= 0.3 is 0 Å². The van der Waals surface area contributed by atoms with Crippen molar-refractivity contribution in [1.29, 1.82) is 0 Å². The van der Waals surface area contributed by atoms with E-state index in [4.69, 9.17) is 4.74 Å². The van der Waals surface area contributed by atoms with E-state index >= 15 is 0 Å². The first kappa shape index (κ1) is 32.6. The van der Waals surface area contributed by atoms with Gasteiger partial charge in [-0.05, 0) is 101 Å². The largest absolute Gasteiger partial charge is 0.357 e. The highest BCUT2D eigenvalue weighted by Crippen LogP contribution is 2.32. The van der Waals surface area contributed by atoms with Crippen molar-refractivity contribution >= 4 is 0 Å². The summed E-state index contributed by atoms with van der Waals surface area (Å²) in [5, 5.41) is 0. The van der Waals surface area contributed by atoms with Gasteiger partial charge in [-0.25, -0.2) is 0 Å². The van der Waals surface area contributed by atoms with E-state index in [1.165, 1.54) is 44.5 Å². The highest BCUT2D eigenvalue weighted by molar-refractivity contribution is 5.30. The molecular weight excluding hydrogens is 472 g/mol. The average molecular weight is 527 g/mol. The minimum absolute atomic E-state index is 0.103. The summed E-state index contributed by atoms with van der Waals surface area (Å²) in [5.74, 6) is 0. The monoisotopic (exact) mass is 526 g/mol. The van der Waals surface area contributed by atoms with Crippen molar-refractivity contribution in [3.8, 4) is 0 Å². The van der Waals surface area contributed by atoms with Crippen LogP contribution in [0.25, 0.3) is 0 Å². The van der Waals surface area contributed by atoms with Crippen LogP contribution in [0, 0.1) is 0 Å². The maximum absolute atomic E-state index is 7.02. The molecule has 2 unspecified atom stereocenters. The highest BCUT2D eigenvalue weighted by Gasteiger charge is 2.18. The lowest BCUT2D eigenvalue weighted by Gasteiger charge is -2.24. The van der Waals surface area contributed by atoms with Crippen molar-refractivity contribution in [3.05, 3.63) is 117 Å². The van der Waals surface area contributed by atoms with Crippen LogP contribution in [0.15, 0.2) is 95.1 Å². The van der Waals surface area contributed by atoms with Gasteiger partial charge in [0.1, 0.15) is 12.2 Å². The first-order valence-electron chi connectivity index (χ1n) is 15.3. The molecule has 0 aliphatic rings. The predicted octanol–water partition coefficient (Wildman–Crippen LogP) is 11.8. The van der Waals surface area contributed by atoms with Gasteiger partial charge in [0.25, 0.3) is 0 Å². The molecule has 1 nitrogen and oxygen atoms in total. The molecule has 212 valence electrons. The zero-order valence-corrected chi connectivity index (χ0v) is 26.1. The van der Waals surface area contributed by atoms with Crippen molar-refractivity contribution in [2.24, 2.45) is 0 Å². The molecule has 2 atom stereocenters. The van der Waals surface area contributed by atoms with Gasteiger partial charge in [0.15, 0.2) is 0 Å². The SMILES string of the molecule is CCC(C)=CCCC(C)=CC(OC(C=C(C)CCC=C(C)CC)c1ccc(CC)cc1)c1ccc(CC)cc1. The zero-order valence-electron chi connectivity index (χ0n) is 26.1. The summed E-state index contributed by atoms with van der Waals surface area (Å²) in [7, 11) is 0. The average Bonchev–Trinajstić information content (AvgIpc) is 2.96. The second-order valence-electron chi connectivity index (χ2n) is 11.1. The van der Waals surface area contributed by atoms with Crippen molar-refractivity contribution in [2.75, 3.05) is 0 Å². The van der Waals surface area contributed by atoms with E-state index in [2.05, 4.69) is 128 Å². The second-order valence-corrected chi connectivity index (χ2v) is 11.1. The lowest BCUT2D eigenvalue weighted by molar-refractivity contribution is 0.0388. The lowest BCUT2D eigenvalue weighted by atomic mass is 9.99. The molecule has 0 bridgehead atoms. The molecule has 2 aromatic carbocycles. The molecular formula is C38H54O. The Bertz CT molecular complexity index is 1000. The standard InChI is InChI=1S/C38H54O/c1-9-29(5)15-13-17-31(7)27-37(35-23-19-33(11-3)20-24-35)39-38(36-25-21-34(12-4)22-26-36)28-32(8)18-14-16-30(6)10-2/h15-16,19-28,37-38H,9-14,17-18H2,1-8H3. The van der Waals surface area contributed by atoms with E-state index in [0.29, 0.717) is 0 Å². The molecule has 0 N–H and O–H groups in total. The van der Waals surface area contributed by atoms with Crippen LogP contribution in [0.5, 0.6) is 0 Å². The summed E-state index contributed by atoms with van der Waals surface area (Å²) in [6, 6.07) is 18.0. The van der Waals surface area contributed by atoms with Gasteiger partial charge in [-0.3, -0.25) is 0 Å². The summed E-state index contributed by atoms with van der Waals surface area (Å²) in [6.07, 6.45) is 17.8. The molecule has 0 spiro atoms. The molecule has 0 saturated carbocycles. The van der Waals surface area contributed by atoms with E-state index in [1.807, 2.05) is 0 Å². The summed E-state index contributed by atoms with van der Waals surface area (Å²) >= 11 is 0. The fourth-order valence-electron chi connectivity index (χ4n) is 4.54. The third kappa shape index (κ3) is 12.0. The molecule has 0 aliphatic heterocycles. The summed E-state index contributed by atoms with van der Waals surface area (Å²) in [4.78, 5) is 0. The Balaban J connectivity index is 2.41. The van der Waals surface area contributed by atoms with Crippen molar-refractivity contribution in [2.45, 2.75) is 119 Å². The van der Waals surface area contributed by atoms with E-state index in [0.717, 1.165) is 51.4 Å². The molecule has 0 radical (unpaired) electrons. The van der Waals surface area contributed by atoms with Crippen molar-refractivity contribution < 1.29 is 4.74 Å². The second kappa shape index (κ2) is 17.9. The lowest BCUT2D eigenvalue weighted by Crippen LogP contribution is -2.09. The van der Waals surface area contributed by atoms with Gasteiger partial charge in [0, 0.05) is 0 Å². The van der Waals surface area contributed by atoms with Crippen LogP contribution in [-0.4, -0.2) is 0 Å². The quantitative estimate of drug-likeness (QED) is 0.198. The molecule has 0 heterocycles. The molecule has 0 aliphatic carbocycles. The maximum atomic E-state index is 7.02. The first-order chi connectivity index (χ1) is 18.8. The van der Waals surface area contributed by atoms with Crippen LogP contribution < -0.4 is 0 Å². The molecule has 2 rings (SSSR count). The normalized spacial score (nSPS) is 15.0. The minimum atomic E-state index is -0.103. The Hall–Kier alpha value is -2.64. The third-order valence-electron chi connectivity index (χ3n) is 7.78. The molecule has 2 aromatic rings. The Morgan fingerprint density at radius 3 is 1.23 bits per heavy atom. The number of allylic oxidation sites excluding steroid dienone is 6. The van der Waals surface area contributed by atoms with Crippen LogP contribution in [0.4, 0.5) is 0 Å². The minimum Gasteiger partial charge on any atom is -0.357 e. The third-order valence-corrected chi connectivity index (χ3v) is 7.78. The number of aryl methyl sites for hydroxylation is 2. The topological polar surface area (TPSA) is 9.23 Å². The zero-order chi connectivity index (χ0) is 28.6. The summed E-state index contributed by atoms with van der Waals surface area (Å²) < 4.78 is 7.02. The number of rotatable bonds is 16. The van der Waals surface area contributed by atoms with Gasteiger partial charge in [-0.1, -0.05) is 123 Å². The molecule has 1 heteroatoms. The van der Waals surface area contributed by atoms with Crippen LogP contribution in [0.1, 0.15) is 128 Å². The van der Waals surface area contributed by atoms with E-state index in [9.17, 15) is 0 Å². The van der Waals surface area contributed by atoms with Gasteiger partial charge in [-0.15, -0.1) is 0 Å². The first-order valence-corrected chi connectivity index (χ1v) is 15.3. The Kier molecular flexibility index (Phi) is 14.9. The molecule has 0 saturated heterocycles. The van der Waals surface area contributed by atoms with Crippen molar-refractivity contribution in [3.63, 3.8) is 0 Å². The number of hydrogen-bond donors (Lipinski definition) is 0. The van der Waals surface area contributed by atoms with Gasteiger partial charge < -0.3 is 4.74 Å². The number of hydrogen-bond acceptors (Lipinski definition) is 1. The predicted molar refractivity (Wildman–Crippen MR) is 172 cm³/mol. The Labute approximate surface area is 240 Å². The van der Waals surface area contributed by atoms with Gasteiger partial charge in [-0.2, -0.15) is 0 Å². The van der Waals surface area contributed by atoms with Crippen LogP contribution in [0.2, 0.25) is 0 Å². The Morgan fingerprint density at radius 2 is 0.923 bits per heavy atom. The van der Waals surface area contributed by atoms with E-state index in [-0.39, 0.29) is 12.2 Å². The summed E-state index contributed by atoms with van der Waals surface area (Å²) in [6.45, 7) is 17.8. The van der Waals surface area contributed by atoms with Crippen molar-refractivity contribution in [1.82, 2.24) is 0 Å². The van der Waals surface area contributed by atoms with E-state index in [1.54, 1.807) is 0 Å². The van der Waals surface area contributed by atoms with Crippen LogP contribution >= 0.6 is 0 Å². The molecule has 0 amide bonds. The van der Waals surface area contributed by atoms with Crippen LogP contribution in [0.3, 0.4) is 0 Å². The molecule has 39 heavy (non-hydrogen) atoms. The maximum Gasteiger partial charge on any atom is 0.102 e. The highest BCUT2D eigenvalue weighted by atomic mass is 16.5. The fraction of sp³-hybridized carbons (Fsp3) is 0.474. The van der Waals surface area contributed by atoms with Crippen LogP contribution in [-0.2, 0) is 17.6 Å². The molecule has 0 aromatic heterocycles. The number of benzene rings is 2. The Morgan fingerprint density at radius 1 is 0.564 bits per heavy atom. The smallest absolute Gasteiger partial charge is 0.102 e. The van der Waals surface area contributed by atoms with Gasteiger partial charge in [0.05, 0.1) is 0 Å². The number of ether oxygens (including phenoxy) is 1. The fourth-order valence-corrected chi connectivity index (χ4v) is 4.54. The molecule has 0 fully saturated rings. The van der Waals surface area contributed by atoms with E-state index < -0.39 is 0 Å².